The second kappa shape index (κ2) is 7.23. The van der Waals surface area contributed by atoms with Crippen LogP contribution in [0.2, 0.25) is 0 Å². The molecule has 1 rings (SSSR count). The lowest BCUT2D eigenvalue weighted by Gasteiger charge is -2.21. The van der Waals surface area contributed by atoms with E-state index in [1.807, 2.05) is 29.2 Å². The van der Waals surface area contributed by atoms with Crippen LogP contribution in [-0.4, -0.2) is 50.1 Å². The Labute approximate surface area is 117 Å². The van der Waals surface area contributed by atoms with Crippen molar-refractivity contribution in [3.63, 3.8) is 0 Å². The van der Waals surface area contributed by atoms with Crippen LogP contribution < -0.4 is 0 Å². The van der Waals surface area contributed by atoms with Crippen molar-refractivity contribution in [3.05, 3.63) is 34.3 Å². The van der Waals surface area contributed by atoms with Gasteiger partial charge in [-0.25, -0.2) is 8.42 Å². The van der Waals surface area contributed by atoms with Gasteiger partial charge in [-0.1, -0.05) is 34.1 Å². The summed E-state index contributed by atoms with van der Waals surface area (Å²) >= 11 is 3.46. The molecular formula is C12H18BrNO3S. The van der Waals surface area contributed by atoms with E-state index in [1.54, 1.807) is 0 Å². The molecule has 4 nitrogen and oxygen atoms in total. The highest BCUT2D eigenvalue weighted by Gasteiger charge is 2.11. The van der Waals surface area contributed by atoms with E-state index in [2.05, 4.69) is 15.9 Å². The minimum absolute atomic E-state index is 0.0220. The molecule has 0 aliphatic carbocycles. The summed E-state index contributed by atoms with van der Waals surface area (Å²) in [4.78, 5) is 1.93. The molecule has 18 heavy (non-hydrogen) atoms. The van der Waals surface area contributed by atoms with E-state index < -0.39 is 9.84 Å². The predicted octanol–water partition coefficient (Wildman–Crippen LogP) is 1.29. The van der Waals surface area contributed by atoms with Crippen molar-refractivity contribution < 1.29 is 13.5 Å². The molecule has 0 unspecified atom stereocenters. The van der Waals surface area contributed by atoms with E-state index in [-0.39, 0.29) is 12.4 Å². The van der Waals surface area contributed by atoms with Gasteiger partial charge in [0.1, 0.15) is 9.84 Å². The Morgan fingerprint density at radius 1 is 1.28 bits per heavy atom. The first-order chi connectivity index (χ1) is 8.42. The molecule has 0 aromatic heterocycles. The molecular weight excluding hydrogens is 318 g/mol. The average Bonchev–Trinajstić information content (AvgIpc) is 2.28. The summed E-state index contributed by atoms with van der Waals surface area (Å²) in [5.41, 5.74) is 1.08. The summed E-state index contributed by atoms with van der Waals surface area (Å²) in [5, 5.41) is 9.01. The molecule has 0 heterocycles. The molecule has 102 valence electrons. The summed E-state index contributed by atoms with van der Waals surface area (Å²) in [7, 11) is -2.97. The van der Waals surface area contributed by atoms with Crippen molar-refractivity contribution in [3.8, 4) is 0 Å². The van der Waals surface area contributed by atoms with Crippen LogP contribution in [0.1, 0.15) is 5.56 Å². The Bertz CT molecular complexity index is 476. The van der Waals surface area contributed by atoms with E-state index in [1.165, 1.54) is 6.26 Å². The lowest BCUT2D eigenvalue weighted by Crippen LogP contribution is -2.31. The number of benzene rings is 1. The number of halogens is 1. The summed E-state index contributed by atoms with van der Waals surface area (Å²) in [6, 6.07) is 7.80. The van der Waals surface area contributed by atoms with Gasteiger partial charge in [-0.05, 0) is 11.6 Å². The van der Waals surface area contributed by atoms with Gasteiger partial charge in [-0.15, -0.1) is 0 Å². The zero-order valence-corrected chi connectivity index (χ0v) is 12.7. The molecule has 0 saturated heterocycles. The Morgan fingerprint density at radius 2 is 1.94 bits per heavy atom. The summed E-state index contributed by atoms with van der Waals surface area (Å²) < 4.78 is 23.3. The smallest absolute Gasteiger partial charge is 0.148 e. The van der Waals surface area contributed by atoms with Crippen LogP contribution in [0.5, 0.6) is 0 Å². The van der Waals surface area contributed by atoms with Crippen molar-refractivity contribution in [2.24, 2.45) is 0 Å². The maximum atomic E-state index is 11.2. The van der Waals surface area contributed by atoms with E-state index in [0.717, 1.165) is 10.0 Å². The number of aliphatic hydroxyl groups excluding tert-OH is 1. The van der Waals surface area contributed by atoms with E-state index in [4.69, 9.17) is 5.11 Å². The van der Waals surface area contributed by atoms with Gasteiger partial charge in [-0.2, -0.15) is 0 Å². The zero-order valence-electron chi connectivity index (χ0n) is 10.3. The molecule has 0 aliphatic rings. The third-order valence-electron chi connectivity index (χ3n) is 2.55. The van der Waals surface area contributed by atoms with Crippen LogP contribution in [0, 0.1) is 0 Å². The fourth-order valence-electron chi connectivity index (χ4n) is 1.57. The van der Waals surface area contributed by atoms with E-state index >= 15 is 0 Å². The first kappa shape index (κ1) is 15.6. The van der Waals surface area contributed by atoms with Gasteiger partial charge in [-0.3, -0.25) is 4.90 Å². The number of hydrogen-bond acceptors (Lipinski definition) is 4. The van der Waals surface area contributed by atoms with Crippen molar-refractivity contribution in [2.45, 2.75) is 6.54 Å². The lowest BCUT2D eigenvalue weighted by atomic mass is 10.2. The second-order valence-corrected chi connectivity index (χ2v) is 7.34. The van der Waals surface area contributed by atoms with Gasteiger partial charge in [0.15, 0.2) is 0 Å². The largest absolute Gasteiger partial charge is 0.395 e. The first-order valence-corrected chi connectivity index (χ1v) is 8.52. The van der Waals surface area contributed by atoms with Crippen LogP contribution in [0.25, 0.3) is 0 Å². The van der Waals surface area contributed by atoms with Gasteiger partial charge in [0, 0.05) is 30.4 Å². The van der Waals surface area contributed by atoms with Crippen molar-refractivity contribution >= 4 is 25.8 Å². The molecule has 0 atom stereocenters. The van der Waals surface area contributed by atoms with E-state index in [9.17, 15) is 8.42 Å². The Balaban J connectivity index is 2.66. The molecule has 1 aromatic rings. The van der Waals surface area contributed by atoms with Crippen LogP contribution in [0.15, 0.2) is 28.7 Å². The van der Waals surface area contributed by atoms with Crippen molar-refractivity contribution in [1.29, 1.82) is 0 Å². The highest BCUT2D eigenvalue weighted by Crippen LogP contribution is 2.17. The van der Waals surface area contributed by atoms with Crippen LogP contribution in [0.4, 0.5) is 0 Å². The molecule has 6 heteroatoms. The third kappa shape index (κ3) is 5.95. The minimum Gasteiger partial charge on any atom is -0.395 e. The molecule has 0 bridgehead atoms. The predicted molar refractivity (Wildman–Crippen MR) is 76.2 cm³/mol. The molecule has 0 fully saturated rings. The monoisotopic (exact) mass is 335 g/mol. The quantitative estimate of drug-likeness (QED) is 0.815. The number of nitrogens with zero attached hydrogens (tertiary/aromatic N) is 1. The van der Waals surface area contributed by atoms with Crippen LogP contribution >= 0.6 is 15.9 Å². The summed E-state index contributed by atoms with van der Waals surface area (Å²) in [6.07, 6.45) is 1.22. The molecule has 0 saturated carbocycles. The van der Waals surface area contributed by atoms with Gasteiger partial charge in [0.2, 0.25) is 0 Å². The fourth-order valence-corrected chi connectivity index (χ4v) is 2.57. The second-order valence-electron chi connectivity index (χ2n) is 4.22. The topological polar surface area (TPSA) is 57.6 Å². The lowest BCUT2D eigenvalue weighted by molar-refractivity contribution is 0.197. The highest BCUT2D eigenvalue weighted by atomic mass is 79.9. The maximum Gasteiger partial charge on any atom is 0.148 e. The zero-order chi connectivity index (χ0) is 13.6. The number of hydrogen-bond donors (Lipinski definition) is 1. The first-order valence-electron chi connectivity index (χ1n) is 5.67. The summed E-state index contributed by atoms with van der Waals surface area (Å²) in [6.45, 7) is 1.54. The fraction of sp³-hybridized carbons (Fsp3) is 0.500. The Morgan fingerprint density at radius 3 is 2.50 bits per heavy atom. The highest BCUT2D eigenvalue weighted by molar-refractivity contribution is 9.10. The van der Waals surface area contributed by atoms with Gasteiger partial charge in [0.25, 0.3) is 0 Å². The molecule has 1 aromatic carbocycles. The minimum atomic E-state index is -2.97. The molecule has 1 N–H and O–H groups in total. The number of aliphatic hydroxyl groups is 1. The van der Waals surface area contributed by atoms with Crippen LogP contribution in [-0.2, 0) is 16.4 Å². The van der Waals surface area contributed by atoms with Gasteiger partial charge in [0.05, 0.1) is 12.4 Å². The Kier molecular flexibility index (Phi) is 6.28. The molecule has 0 amide bonds. The van der Waals surface area contributed by atoms with E-state index in [0.29, 0.717) is 19.6 Å². The van der Waals surface area contributed by atoms with Gasteiger partial charge < -0.3 is 5.11 Å². The molecule has 0 aliphatic heterocycles. The maximum absolute atomic E-state index is 11.2. The van der Waals surface area contributed by atoms with Crippen molar-refractivity contribution in [1.82, 2.24) is 4.90 Å². The number of rotatable bonds is 7. The van der Waals surface area contributed by atoms with Crippen LogP contribution in [0.3, 0.4) is 0 Å². The normalized spacial score (nSPS) is 12.0. The third-order valence-corrected chi connectivity index (χ3v) is 4.24. The van der Waals surface area contributed by atoms with Crippen molar-refractivity contribution in [2.75, 3.05) is 31.7 Å². The average molecular weight is 336 g/mol. The van der Waals surface area contributed by atoms with Gasteiger partial charge >= 0.3 is 0 Å². The molecule has 0 spiro atoms. The Hall–Kier alpha value is -0.430. The molecule has 0 radical (unpaired) electrons. The SMILES string of the molecule is CS(=O)(=O)CCN(CCO)Cc1ccccc1Br. The standard InChI is InChI=1S/C12H18BrNO3S/c1-18(16,17)9-7-14(6-8-15)10-11-4-2-3-5-12(11)13/h2-5,15H,6-10H2,1H3. The number of sulfone groups is 1. The summed E-state index contributed by atoms with van der Waals surface area (Å²) in [5.74, 6) is 0.109.